The maximum absolute atomic E-state index is 5.61. The Morgan fingerprint density at radius 3 is 3.00 bits per heavy atom. The van der Waals surface area contributed by atoms with Crippen molar-refractivity contribution < 1.29 is 9.47 Å². The van der Waals surface area contributed by atoms with Gasteiger partial charge in [0.05, 0.1) is 19.4 Å². The van der Waals surface area contributed by atoms with E-state index in [9.17, 15) is 0 Å². The Kier molecular flexibility index (Phi) is 2.18. The number of aromatic amines is 1. The van der Waals surface area contributed by atoms with Gasteiger partial charge in [0, 0.05) is 23.6 Å². The molecular formula is C12H13N3O2. The monoisotopic (exact) mass is 231 g/mol. The summed E-state index contributed by atoms with van der Waals surface area (Å²) in [5.74, 6) is 2.18. The Labute approximate surface area is 98.5 Å². The van der Waals surface area contributed by atoms with E-state index in [0.717, 1.165) is 35.8 Å². The molecule has 88 valence electrons. The lowest BCUT2D eigenvalue weighted by Gasteiger charge is -2.09. The standard InChI is InChI=1S/C12H13N3O2/c1-16-11-4-7-2-3-17-10(7)5-8(11)9-6-12(13)15-14-9/h4-6H,2-3H2,1H3,(H3,13,14,15). The van der Waals surface area contributed by atoms with Gasteiger partial charge in [-0.1, -0.05) is 0 Å². The Hall–Kier alpha value is -2.17. The summed E-state index contributed by atoms with van der Waals surface area (Å²) in [5.41, 5.74) is 8.53. The van der Waals surface area contributed by atoms with Crippen LogP contribution in [0.4, 0.5) is 5.82 Å². The minimum absolute atomic E-state index is 0.462. The van der Waals surface area contributed by atoms with Crippen LogP contribution in [-0.2, 0) is 6.42 Å². The largest absolute Gasteiger partial charge is 0.496 e. The number of anilines is 1. The Balaban J connectivity index is 2.15. The third kappa shape index (κ3) is 1.60. The minimum atomic E-state index is 0.462. The molecule has 0 radical (unpaired) electrons. The van der Waals surface area contributed by atoms with Crippen LogP contribution in [0.3, 0.4) is 0 Å². The summed E-state index contributed by atoms with van der Waals surface area (Å²) in [6.07, 6.45) is 0.928. The second-order valence-electron chi connectivity index (χ2n) is 3.97. The predicted octanol–water partition coefficient (Wildman–Crippen LogP) is 1.60. The lowest BCUT2D eigenvalue weighted by molar-refractivity contribution is 0.356. The molecule has 0 unspecified atom stereocenters. The van der Waals surface area contributed by atoms with Gasteiger partial charge in [0.1, 0.15) is 17.3 Å². The molecule has 0 saturated heterocycles. The third-order valence-electron chi connectivity index (χ3n) is 2.90. The molecular weight excluding hydrogens is 218 g/mol. The summed E-state index contributed by atoms with van der Waals surface area (Å²) < 4.78 is 10.9. The van der Waals surface area contributed by atoms with Crippen molar-refractivity contribution in [1.29, 1.82) is 0 Å². The number of nitrogens with one attached hydrogen (secondary N) is 1. The van der Waals surface area contributed by atoms with Gasteiger partial charge in [-0.2, -0.15) is 5.10 Å². The SMILES string of the molecule is COc1cc2c(cc1-c1cc(N)n[nH]1)OCC2. The Bertz CT molecular complexity index is 563. The summed E-state index contributed by atoms with van der Waals surface area (Å²) in [5, 5.41) is 6.80. The molecule has 3 N–H and O–H groups in total. The van der Waals surface area contributed by atoms with Crippen LogP contribution in [0.1, 0.15) is 5.56 Å². The summed E-state index contributed by atoms with van der Waals surface area (Å²) in [4.78, 5) is 0. The van der Waals surface area contributed by atoms with Crippen molar-refractivity contribution in [2.24, 2.45) is 0 Å². The topological polar surface area (TPSA) is 73.2 Å². The highest BCUT2D eigenvalue weighted by atomic mass is 16.5. The summed E-state index contributed by atoms with van der Waals surface area (Å²) in [6.45, 7) is 0.729. The first-order valence-electron chi connectivity index (χ1n) is 5.43. The average Bonchev–Trinajstić information content (AvgIpc) is 2.94. The highest BCUT2D eigenvalue weighted by Gasteiger charge is 2.18. The quantitative estimate of drug-likeness (QED) is 0.823. The molecule has 1 aliphatic heterocycles. The van der Waals surface area contributed by atoms with Crippen molar-refractivity contribution in [2.75, 3.05) is 19.5 Å². The smallest absolute Gasteiger partial charge is 0.145 e. The fraction of sp³-hybridized carbons (Fsp3) is 0.250. The van der Waals surface area contributed by atoms with Crippen LogP contribution in [0.25, 0.3) is 11.3 Å². The Morgan fingerprint density at radius 2 is 2.29 bits per heavy atom. The molecule has 2 aromatic rings. The van der Waals surface area contributed by atoms with Crippen molar-refractivity contribution in [3.05, 3.63) is 23.8 Å². The van der Waals surface area contributed by atoms with E-state index in [1.807, 2.05) is 12.1 Å². The number of H-pyrrole nitrogens is 1. The van der Waals surface area contributed by atoms with E-state index in [4.69, 9.17) is 15.2 Å². The number of nitrogen functional groups attached to an aromatic ring is 1. The molecule has 1 aromatic carbocycles. The molecule has 1 aliphatic rings. The van der Waals surface area contributed by atoms with Gasteiger partial charge in [0.15, 0.2) is 0 Å². The van der Waals surface area contributed by atoms with Gasteiger partial charge in [-0.15, -0.1) is 0 Å². The van der Waals surface area contributed by atoms with Crippen molar-refractivity contribution in [3.63, 3.8) is 0 Å². The molecule has 0 fully saturated rings. The molecule has 3 rings (SSSR count). The fourth-order valence-corrected chi connectivity index (χ4v) is 2.06. The first-order valence-corrected chi connectivity index (χ1v) is 5.43. The van der Waals surface area contributed by atoms with Crippen LogP contribution in [0.15, 0.2) is 18.2 Å². The van der Waals surface area contributed by atoms with Crippen molar-refractivity contribution in [1.82, 2.24) is 10.2 Å². The van der Waals surface area contributed by atoms with Gasteiger partial charge in [-0.3, -0.25) is 5.10 Å². The van der Waals surface area contributed by atoms with Crippen LogP contribution in [0.2, 0.25) is 0 Å². The van der Waals surface area contributed by atoms with Crippen LogP contribution < -0.4 is 15.2 Å². The van der Waals surface area contributed by atoms with Gasteiger partial charge in [-0.25, -0.2) is 0 Å². The third-order valence-corrected chi connectivity index (χ3v) is 2.90. The van der Waals surface area contributed by atoms with Crippen molar-refractivity contribution in [2.45, 2.75) is 6.42 Å². The number of rotatable bonds is 2. The molecule has 0 spiro atoms. The summed E-state index contributed by atoms with van der Waals surface area (Å²) >= 11 is 0. The van der Waals surface area contributed by atoms with E-state index >= 15 is 0 Å². The zero-order chi connectivity index (χ0) is 11.8. The predicted molar refractivity (Wildman–Crippen MR) is 64.2 cm³/mol. The van der Waals surface area contributed by atoms with Gasteiger partial charge in [0.2, 0.25) is 0 Å². The molecule has 0 amide bonds. The fourth-order valence-electron chi connectivity index (χ4n) is 2.06. The number of hydrogen-bond donors (Lipinski definition) is 2. The average molecular weight is 231 g/mol. The van der Waals surface area contributed by atoms with Crippen LogP contribution >= 0.6 is 0 Å². The number of nitrogens with two attached hydrogens (primary N) is 1. The van der Waals surface area contributed by atoms with Gasteiger partial charge in [-0.05, 0) is 12.1 Å². The second kappa shape index (κ2) is 3.69. The van der Waals surface area contributed by atoms with E-state index in [1.54, 1.807) is 13.2 Å². The highest BCUT2D eigenvalue weighted by Crippen LogP contribution is 2.38. The number of fused-ring (bicyclic) bond motifs is 1. The minimum Gasteiger partial charge on any atom is -0.496 e. The number of ether oxygens (including phenoxy) is 2. The van der Waals surface area contributed by atoms with E-state index in [2.05, 4.69) is 10.2 Å². The number of hydrogen-bond acceptors (Lipinski definition) is 4. The molecule has 5 heteroatoms. The van der Waals surface area contributed by atoms with E-state index in [1.165, 1.54) is 5.56 Å². The number of nitrogens with zero attached hydrogens (tertiary/aromatic N) is 1. The molecule has 0 saturated carbocycles. The molecule has 1 aromatic heterocycles. The number of aromatic nitrogens is 2. The van der Waals surface area contributed by atoms with E-state index in [0.29, 0.717) is 5.82 Å². The zero-order valence-electron chi connectivity index (χ0n) is 9.49. The van der Waals surface area contributed by atoms with Crippen LogP contribution in [-0.4, -0.2) is 23.9 Å². The van der Waals surface area contributed by atoms with Crippen LogP contribution in [0.5, 0.6) is 11.5 Å². The van der Waals surface area contributed by atoms with E-state index < -0.39 is 0 Å². The number of methoxy groups -OCH3 is 1. The van der Waals surface area contributed by atoms with Crippen LogP contribution in [0, 0.1) is 0 Å². The molecule has 17 heavy (non-hydrogen) atoms. The lowest BCUT2D eigenvalue weighted by Crippen LogP contribution is -1.90. The summed E-state index contributed by atoms with van der Waals surface area (Å²) in [6, 6.07) is 5.75. The Morgan fingerprint density at radius 1 is 1.41 bits per heavy atom. The maximum atomic E-state index is 5.61. The first-order chi connectivity index (χ1) is 8.28. The molecule has 0 bridgehead atoms. The first kappa shape index (κ1) is 10.0. The number of benzene rings is 1. The second-order valence-corrected chi connectivity index (χ2v) is 3.97. The van der Waals surface area contributed by atoms with Gasteiger partial charge < -0.3 is 15.2 Å². The van der Waals surface area contributed by atoms with Gasteiger partial charge >= 0.3 is 0 Å². The maximum Gasteiger partial charge on any atom is 0.145 e. The molecule has 5 nitrogen and oxygen atoms in total. The lowest BCUT2D eigenvalue weighted by atomic mass is 10.1. The highest BCUT2D eigenvalue weighted by molar-refractivity contribution is 5.72. The zero-order valence-corrected chi connectivity index (χ0v) is 9.49. The normalized spacial score (nSPS) is 13.2. The van der Waals surface area contributed by atoms with Crippen molar-refractivity contribution >= 4 is 5.82 Å². The molecule has 0 atom stereocenters. The van der Waals surface area contributed by atoms with E-state index in [-0.39, 0.29) is 0 Å². The molecule has 2 heterocycles. The van der Waals surface area contributed by atoms with Gasteiger partial charge in [0.25, 0.3) is 0 Å². The summed E-state index contributed by atoms with van der Waals surface area (Å²) in [7, 11) is 1.65. The molecule has 0 aliphatic carbocycles. The van der Waals surface area contributed by atoms with Crippen molar-refractivity contribution in [3.8, 4) is 22.8 Å².